The number of amides is 1. The number of nitrogens with one attached hydrogen (secondary N) is 2. The van der Waals surface area contributed by atoms with Gasteiger partial charge in [0.1, 0.15) is 17.3 Å². The first-order valence-electron chi connectivity index (χ1n) is 8.76. The minimum absolute atomic E-state index is 0.280. The molecule has 0 fully saturated rings. The molecular weight excluding hydrogens is 354 g/mol. The maximum absolute atomic E-state index is 12.8. The van der Waals surface area contributed by atoms with Crippen molar-refractivity contribution < 1.29 is 14.3 Å². The van der Waals surface area contributed by atoms with E-state index in [1.54, 1.807) is 25.3 Å². The van der Waals surface area contributed by atoms with E-state index in [0.29, 0.717) is 22.7 Å². The molecule has 0 saturated heterocycles. The Morgan fingerprint density at radius 2 is 1.82 bits per heavy atom. The van der Waals surface area contributed by atoms with E-state index in [0.717, 1.165) is 22.4 Å². The summed E-state index contributed by atoms with van der Waals surface area (Å²) in [7, 11) is 3.08. The molecule has 1 heterocycles. The summed E-state index contributed by atoms with van der Waals surface area (Å²) in [5.41, 5.74) is 3.80. The highest BCUT2D eigenvalue weighted by molar-refractivity contribution is 6.06. The van der Waals surface area contributed by atoms with Crippen molar-refractivity contribution in [2.24, 2.45) is 0 Å². The van der Waals surface area contributed by atoms with Gasteiger partial charge in [-0.2, -0.15) is 0 Å². The summed E-state index contributed by atoms with van der Waals surface area (Å²) < 4.78 is 10.5. The third kappa shape index (κ3) is 3.40. The van der Waals surface area contributed by atoms with Crippen molar-refractivity contribution in [2.75, 3.05) is 19.5 Å². The number of carbonyl (C=O) groups is 1. The van der Waals surface area contributed by atoms with Gasteiger partial charge in [-0.15, -0.1) is 0 Å². The summed E-state index contributed by atoms with van der Waals surface area (Å²) >= 11 is 0. The average Bonchev–Trinajstić information content (AvgIpc) is 3.18. The molecule has 6 heteroatoms. The van der Waals surface area contributed by atoms with Crippen molar-refractivity contribution in [1.82, 2.24) is 9.97 Å². The van der Waals surface area contributed by atoms with Crippen molar-refractivity contribution >= 4 is 22.6 Å². The lowest BCUT2D eigenvalue weighted by Gasteiger charge is -2.11. The number of aromatic nitrogens is 2. The number of methoxy groups -OCH3 is 2. The molecule has 2 N–H and O–H groups in total. The number of benzene rings is 3. The van der Waals surface area contributed by atoms with Gasteiger partial charge in [0, 0.05) is 11.3 Å². The number of rotatable bonds is 5. The van der Waals surface area contributed by atoms with Crippen LogP contribution in [0.15, 0.2) is 66.7 Å². The van der Waals surface area contributed by atoms with E-state index in [1.807, 2.05) is 48.5 Å². The number of carbonyl (C=O) groups excluding carboxylic acids is 1. The van der Waals surface area contributed by atoms with E-state index in [4.69, 9.17) is 9.47 Å². The highest BCUT2D eigenvalue weighted by Crippen LogP contribution is 2.26. The van der Waals surface area contributed by atoms with E-state index in [9.17, 15) is 4.79 Å². The van der Waals surface area contributed by atoms with Gasteiger partial charge in [0.2, 0.25) is 0 Å². The molecule has 0 radical (unpaired) electrons. The fourth-order valence-corrected chi connectivity index (χ4v) is 3.02. The molecule has 1 aromatic heterocycles. The minimum Gasteiger partial charge on any atom is -0.497 e. The Morgan fingerprint density at radius 3 is 2.61 bits per heavy atom. The summed E-state index contributed by atoms with van der Waals surface area (Å²) in [5.74, 6) is 1.53. The third-order valence-corrected chi connectivity index (χ3v) is 4.43. The molecule has 0 bridgehead atoms. The predicted molar refractivity (Wildman–Crippen MR) is 109 cm³/mol. The summed E-state index contributed by atoms with van der Waals surface area (Å²) in [6.07, 6.45) is 0. The summed E-state index contributed by atoms with van der Waals surface area (Å²) in [6, 6.07) is 20.5. The monoisotopic (exact) mass is 373 g/mol. The first-order valence-corrected chi connectivity index (χ1v) is 8.76. The second-order valence-corrected chi connectivity index (χ2v) is 6.20. The zero-order valence-electron chi connectivity index (χ0n) is 15.5. The number of fused-ring (bicyclic) bond motifs is 1. The van der Waals surface area contributed by atoms with E-state index in [1.165, 1.54) is 7.11 Å². The fourth-order valence-electron chi connectivity index (χ4n) is 3.02. The normalized spacial score (nSPS) is 10.6. The summed E-state index contributed by atoms with van der Waals surface area (Å²) in [4.78, 5) is 20.7. The van der Waals surface area contributed by atoms with Crippen molar-refractivity contribution in [3.8, 4) is 22.9 Å². The van der Waals surface area contributed by atoms with Gasteiger partial charge in [0.15, 0.2) is 0 Å². The molecular formula is C22H19N3O3. The van der Waals surface area contributed by atoms with Gasteiger partial charge in [-0.25, -0.2) is 4.98 Å². The van der Waals surface area contributed by atoms with E-state index < -0.39 is 0 Å². The van der Waals surface area contributed by atoms with Crippen molar-refractivity contribution in [3.63, 3.8) is 0 Å². The van der Waals surface area contributed by atoms with Gasteiger partial charge in [-0.3, -0.25) is 4.79 Å². The lowest BCUT2D eigenvalue weighted by atomic mass is 10.1. The highest BCUT2D eigenvalue weighted by atomic mass is 16.5. The molecule has 0 saturated carbocycles. The van der Waals surface area contributed by atoms with Crippen LogP contribution in [-0.4, -0.2) is 30.1 Å². The molecule has 0 spiro atoms. The molecule has 0 unspecified atom stereocenters. The minimum atomic E-state index is -0.280. The second kappa shape index (κ2) is 7.44. The Bertz CT molecular complexity index is 1120. The van der Waals surface area contributed by atoms with Crippen LogP contribution < -0.4 is 14.8 Å². The molecule has 140 valence electrons. The predicted octanol–water partition coefficient (Wildman–Crippen LogP) is 4.50. The number of nitrogens with zero attached hydrogens (tertiary/aromatic N) is 1. The van der Waals surface area contributed by atoms with Gasteiger partial charge in [-0.05, 0) is 42.5 Å². The first kappa shape index (κ1) is 17.6. The molecule has 0 aliphatic carbocycles. The van der Waals surface area contributed by atoms with Crippen LogP contribution in [0.25, 0.3) is 22.4 Å². The lowest BCUT2D eigenvalue weighted by molar-refractivity contribution is 0.102. The van der Waals surface area contributed by atoms with Crippen LogP contribution >= 0.6 is 0 Å². The molecule has 3 aromatic carbocycles. The maximum Gasteiger partial charge on any atom is 0.259 e. The third-order valence-electron chi connectivity index (χ3n) is 4.43. The van der Waals surface area contributed by atoms with Crippen molar-refractivity contribution in [1.29, 1.82) is 0 Å². The van der Waals surface area contributed by atoms with Crippen LogP contribution in [-0.2, 0) is 0 Å². The number of hydrogen-bond acceptors (Lipinski definition) is 4. The number of anilines is 1. The number of aromatic amines is 1. The molecule has 1 amide bonds. The van der Waals surface area contributed by atoms with Crippen LogP contribution in [0.3, 0.4) is 0 Å². The summed E-state index contributed by atoms with van der Waals surface area (Å²) in [6.45, 7) is 0. The van der Waals surface area contributed by atoms with Gasteiger partial charge in [0.25, 0.3) is 5.91 Å². The van der Waals surface area contributed by atoms with Gasteiger partial charge >= 0.3 is 0 Å². The first-order chi connectivity index (χ1) is 13.7. The molecule has 0 aliphatic rings. The zero-order chi connectivity index (χ0) is 19.5. The molecule has 4 rings (SSSR count). The Morgan fingerprint density at radius 1 is 0.964 bits per heavy atom. The Labute approximate surface area is 162 Å². The Hall–Kier alpha value is -3.80. The molecule has 0 atom stereocenters. The molecule has 28 heavy (non-hydrogen) atoms. The lowest BCUT2D eigenvalue weighted by Crippen LogP contribution is -2.13. The van der Waals surface area contributed by atoms with Crippen LogP contribution in [0.1, 0.15) is 10.4 Å². The van der Waals surface area contributed by atoms with Gasteiger partial charge in [0.05, 0.1) is 30.8 Å². The number of H-pyrrole nitrogens is 1. The summed E-state index contributed by atoms with van der Waals surface area (Å²) in [5, 5.41) is 2.91. The quantitative estimate of drug-likeness (QED) is 0.540. The fraction of sp³-hybridized carbons (Fsp3) is 0.0909. The average molecular weight is 373 g/mol. The van der Waals surface area contributed by atoms with E-state index >= 15 is 0 Å². The Kier molecular flexibility index (Phi) is 4.68. The van der Waals surface area contributed by atoms with Crippen LogP contribution in [0, 0.1) is 0 Å². The number of hydrogen-bond donors (Lipinski definition) is 2. The molecule has 6 nitrogen and oxygen atoms in total. The second-order valence-electron chi connectivity index (χ2n) is 6.20. The van der Waals surface area contributed by atoms with Gasteiger partial charge in [-0.1, -0.05) is 24.3 Å². The van der Waals surface area contributed by atoms with E-state index in [-0.39, 0.29) is 5.91 Å². The topological polar surface area (TPSA) is 76.2 Å². The highest BCUT2D eigenvalue weighted by Gasteiger charge is 2.14. The van der Waals surface area contributed by atoms with Crippen LogP contribution in [0.4, 0.5) is 5.69 Å². The maximum atomic E-state index is 12.8. The number of para-hydroxylation sites is 2. The molecule has 0 aliphatic heterocycles. The number of ether oxygens (including phenoxy) is 2. The smallest absolute Gasteiger partial charge is 0.259 e. The van der Waals surface area contributed by atoms with Gasteiger partial charge < -0.3 is 19.8 Å². The van der Waals surface area contributed by atoms with Crippen LogP contribution in [0.5, 0.6) is 11.5 Å². The van der Waals surface area contributed by atoms with Crippen molar-refractivity contribution in [3.05, 3.63) is 72.3 Å². The van der Waals surface area contributed by atoms with Crippen LogP contribution in [0.2, 0.25) is 0 Å². The van der Waals surface area contributed by atoms with Crippen molar-refractivity contribution in [2.45, 2.75) is 0 Å². The molecule has 4 aromatic rings. The number of imidazole rings is 1. The zero-order valence-corrected chi connectivity index (χ0v) is 15.5. The Balaban J connectivity index is 1.62. The standard InChI is InChI=1S/C22H19N3O3/c1-27-16-10-11-20(28-2)17(13-16)22(26)23-15-7-5-6-14(12-15)21-24-18-8-3-4-9-19(18)25-21/h3-13H,1-2H3,(H,23,26)(H,24,25). The SMILES string of the molecule is COc1ccc(OC)c(C(=O)Nc2cccc(-c3nc4ccccc4[nH]3)c2)c1. The largest absolute Gasteiger partial charge is 0.497 e. The van der Waals surface area contributed by atoms with E-state index in [2.05, 4.69) is 15.3 Å².